The molecule has 0 spiro atoms. The quantitative estimate of drug-likeness (QED) is 0.545. The first kappa shape index (κ1) is 19.8. The lowest BCUT2D eigenvalue weighted by molar-refractivity contribution is -0.116. The van der Waals surface area contributed by atoms with Gasteiger partial charge in [-0.05, 0) is 66.8 Å². The largest absolute Gasteiger partial charge is 0.336 e. The summed E-state index contributed by atoms with van der Waals surface area (Å²) >= 11 is 1.19. The van der Waals surface area contributed by atoms with E-state index in [1.165, 1.54) is 34.1 Å². The molecule has 0 unspecified atom stereocenters. The Morgan fingerprint density at radius 1 is 1.10 bits per heavy atom. The van der Waals surface area contributed by atoms with Crippen LogP contribution in [0.2, 0.25) is 0 Å². The fourth-order valence-corrected chi connectivity index (χ4v) is 4.21. The highest BCUT2D eigenvalue weighted by molar-refractivity contribution is 7.17. The molecule has 0 saturated heterocycles. The minimum Gasteiger partial charge on any atom is -0.325 e. The SMILES string of the molecule is Cc1cccc(NC(=O)Cn2c(=O)n(-c3ccc(F)cc3C)c(=O)c3sccc32)c1. The number of fused-ring (bicyclic) bond motifs is 1. The highest BCUT2D eigenvalue weighted by Gasteiger charge is 2.18. The fraction of sp³-hybridized carbons (Fsp3) is 0.136. The highest BCUT2D eigenvalue weighted by Crippen LogP contribution is 2.18. The van der Waals surface area contributed by atoms with Crippen LogP contribution in [-0.4, -0.2) is 15.0 Å². The van der Waals surface area contributed by atoms with Crippen molar-refractivity contribution in [2.75, 3.05) is 5.32 Å². The number of halogens is 1. The first-order chi connectivity index (χ1) is 14.3. The normalized spacial score (nSPS) is 11.0. The van der Waals surface area contributed by atoms with Crippen molar-refractivity contribution in [3.8, 4) is 5.69 Å². The maximum atomic E-state index is 13.5. The summed E-state index contributed by atoms with van der Waals surface area (Å²) < 4.78 is 16.1. The molecule has 0 radical (unpaired) electrons. The summed E-state index contributed by atoms with van der Waals surface area (Å²) in [6, 6.07) is 12.8. The minimum atomic E-state index is -0.653. The number of aromatic nitrogens is 2. The lowest BCUT2D eigenvalue weighted by atomic mass is 10.2. The van der Waals surface area contributed by atoms with E-state index in [-0.39, 0.29) is 12.2 Å². The molecule has 1 amide bonds. The van der Waals surface area contributed by atoms with E-state index in [1.807, 2.05) is 25.1 Å². The van der Waals surface area contributed by atoms with Gasteiger partial charge in [0.1, 0.15) is 17.1 Å². The van der Waals surface area contributed by atoms with Crippen LogP contribution in [0.15, 0.2) is 63.5 Å². The summed E-state index contributed by atoms with van der Waals surface area (Å²) in [7, 11) is 0. The maximum absolute atomic E-state index is 13.5. The second-order valence-corrected chi connectivity index (χ2v) is 7.91. The third-order valence-electron chi connectivity index (χ3n) is 4.76. The van der Waals surface area contributed by atoms with Crippen molar-refractivity contribution in [3.05, 3.63) is 91.7 Å². The van der Waals surface area contributed by atoms with Crippen molar-refractivity contribution in [2.45, 2.75) is 20.4 Å². The standard InChI is InChI=1S/C22H18FN3O3S/c1-13-4-3-5-16(10-13)24-19(27)12-25-18-8-9-30-20(18)21(28)26(22(25)29)17-7-6-15(23)11-14(17)2/h3-11H,12H2,1-2H3,(H,24,27). The van der Waals surface area contributed by atoms with E-state index in [4.69, 9.17) is 0 Å². The van der Waals surface area contributed by atoms with Crippen molar-refractivity contribution >= 4 is 33.1 Å². The van der Waals surface area contributed by atoms with Gasteiger partial charge in [-0.25, -0.2) is 13.8 Å². The van der Waals surface area contributed by atoms with Gasteiger partial charge < -0.3 is 5.32 Å². The van der Waals surface area contributed by atoms with Crippen LogP contribution < -0.4 is 16.6 Å². The first-order valence-electron chi connectivity index (χ1n) is 9.21. The Morgan fingerprint density at radius 2 is 1.90 bits per heavy atom. The van der Waals surface area contributed by atoms with Gasteiger partial charge in [-0.2, -0.15) is 0 Å². The lowest BCUT2D eigenvalue weighted by Gasteiger charge is -2.14. The molecule has 8 heteroatoms. The van der Waals surface area contributed by atoms with E-state index in [0.29, 0.717) is 21.5 Å². The lowest BCUT2D eigenvalue weighted by Crippen LogP contribution is -2.40. The van der Waals surface area contributed by atoms with E-state index in [0.717, 1.165) is 10.1 Å². The van der Waals surface area contributed by atoms with Crippen LogP contribution in [0.5, 0.6) is 0 Å². The number of hydrogen-bond acceptors (Lipinski definition) is 4. The molecule has 6 nitrogen and oxygen atoms in total. The Labute approximate surface area is 174 Å². The van der Waals surface area contributed by atoms with Gasteiger partial charge in [0.15, 0.2) is 0 Å². The van der Waals surface area contributed by atoms with Crippen LogP contribution in [0.1, 0.15) is 11.1 Å². The molecule has 0 fully saturated rings. The van der Waals surface area contributed by atoms with Gasteiger partial charge in [0.05, 0.1) is 11.2 Å². The number of aryl methyl sites for hydroxylation is 2. The van der Waals surface area contributed by atoms with Crippen molar-refractivity contribution in [1.82, 2.24) is 9.13 Å². The number of nitrogens with one attached hydrogen (secondary N) is 1. The zero-order chi connectivity index (χ0) is 21.4. The van der Waals surface area contributed by atoms with Crippen molar-refractivity contribution in [2.24, 2.45) is 0 Å². The summed E-state index contributed by atoms with van der Waals surface area (Å²) in [6.45, 7) is 3.27. The molecule has 0 bridgehead atoms. The molecule has 0 aliphatic rings. The van der Waals surface area contributed by atoms with E-state index in [2.05, 4.69) is 5.32 Å². The second kappa shape index (κ2) is 7.72. The summed E-state index contributed by atoms with van der Waals surface area (Å²) in [6.07, 6.45) is 0. The molecule has 30 heavy (non-hydrogen) atoms. The van der Waals surface area contributed by atoms with Gasteiger partial charge in [0, 0.05) is 5.69 Å². The number of carbonyl (C=O) groups is 1. The van der Waals surface area contributed by atoms with Crippen molar-refractivity contribution in [1.29, 1.82) is 0 Å². The predicted octanol–water partition coefficient (Wildman–Crippen LogP) is 3.61. The van der Waals surface area contributed by atoms with E-state index in [9.17, 15) is 18.8 Å². The molecule has 1 N–H and O–H groups in total. The average molecular weight is 423 g/mol. The third-order valence-corrected chi connectivity index (χ3v) is 5.65. The summed E-state index contributed by atoms with van der Waals surface area (Å²) in [4.78, 5) is 38.9. The Balaban J connectivity index is 1.82. The van der Waals surface area contributed by atoms with Crippen molar-refractivity contribution in [3.63, 3.8) is 0 Å². The molecule has 2 heterocycles. The van der Waals surface area contributed by atoms with Crippen LogP contribution in [0.4, 0.5) is 10.1 Å². The molecule has 0 aliphatic heterocycles. The van der Waals surface area contributed by atoms with Crippen LogP contribution in [0, 0.1) is 19.7 Å². The van der Waals surface area contributed by atoms with Gasteiger partial charge in [0.2, 0.25) is 5.91 Å². The second-order valence-electron chi connectivity index (χ2n) is 6.99. The first-order valence-corrected chi connectivity index (χ1v) is 10.1. The molecule has 0 atom stereocenters. The van der Waals surface area contributed by atoms with Gasteiger partial charge in [-0.15, -0.1) is 11.3 Å². The summed E-state index contributed by atoms with van der Waals surface area (Å²) in [5, 5.41) is 4.47. The molecule has 4 rings (SSSR count). The molecule has 2 aromatic carbocycles. The number of hydrogen-bond donors (Lipinski definition) is 1. The smallest absolute Gasteiger partial charge is 0.325 e. The number of anilines is 1. The Hall–Kier alpha value is -3.52. The van der Waals surface area contributed by atoms with Gasteiger partial charge in [-0.3, -0.25) is 14.2 Å². The third kappa shape index (κ3) is 3.57. The number of thiophene rings is 1. The van der Waals surface area contributed by atoms with Gasteiger partial charge >= 0.3 is 5.69 Å². The van der Waals surface area contributed by atoms with Crippen LogP contribution in [-0.2, 0) is 11.3 Å². The van der Waals surface area contributed by atoms with Crippen LogP contribution in [0.25, 0.3) is 15.9 Å². The molecular formula is C22H18FN3O3S. The van der Waals surface area contributed by atoms with E-state index in [1.54, 1.807) is 24.4 Å². The molecule has 2 aromatic heterocycles. The Bertz CT molecular complexity index is 1400. The minimum absolute atomic E-state index is 0.263. The zero-order valence-electron chi connectivity index (χ0n) is 16.3. The molecular weight excluding hydrogens is 405 g/mol. The highest BCUT2D eigenvalue weighted by atomic mass is 32.1. The molecule has 0 saturated carbocycles. The summed E-state index contributed by atoms with van der Waals surface area (Å²) in [5.41, 5.74) is 1.60. The molecule has 0 aliphatic carbocycles. The summed E-state index contributed by atoms with van der Waals surface area (Å²) in [5.74, 6) is -0.851. The molecule has 4 aromatic rings. The molecule has 152 valence electrons. The number of nitrogens with zero attached hydrogens (tertiary/aromatic N) is 2. The average Bonchev–Trinajstić information content (AvgIpc) is 3.17. The van der Waals surface area contributed by atoms with Gasteiger partial charge in [-0.1, -0.05) is 12.1 Å². The number of rotatable bonds is 4. The number of carbonyl (C=O) groups excluding carboxylic acids is 1. The van der Waals surface area contributed by atoms with E-state index < -0.39 is 23.0 Å². The number of amides is 1. The van der Waals surface area contributed by atoms with Crippen LogP contribution >= 0.6 is 11.3 Å². The van der Waals surface area contributed by atoms with E-state index >= 15 is 0 Å². The topological polar surface area (TPSA) is 73.1 Å². The number of benzene rings is 2. The predicted molar refractivity (Wildman–Crippen MR) is 116 cm³/mol. The van der Waals surface area contributed by atoms with Crippen LogP contribution in [0.3, 0.4) is 0 Å². The zero-order valence-corrected chi connectivity index (χ0v) is 17.1. The monoisotopic (exact) mass is 423 g/mol. The Kier molecular flexibility index (Phi) is 5.09. The van der Waals surface area contributed by atoms with Crippen molar-refractivity contribution < 1.29 is 9.18 Å². The fourth-order valence-electron chi connectivity index (χ4n) is 3.39. The Morgan fingerprint density at radius 3 is 2.63 bits per heavy atom. The van der Waals surface area contributed by atoms with Gasteiger partial charge in [0.25, 0.3) is 5.56 Å². The maximum Gasteiger partial charge on any atom is 0.336 e.